The quantitative estimate of drug-likeness (QED) is 0.682. The zero-order valence-corrected chi connectivity index (χ0v) is 9.28. The molecule has 0 aliphatic heterocycles. The molecule has 1 heterocycles. The summed E-state index contributed by atoms with van der Waals surface area (Å²) in [6.45, 7) is 5.03. The lowest BCUT2D eigenvalue weighted by molar-refractivity contribution is 0.551. The molecule has 84 valence electrons. The second-order valence-electron chi connectivity index (χ2n) is 3.55. The Morgan fingerprint density at radius 3 is 3.00 bits per heavy atom. The highest BCUT2D eigenvalue weighted by Crippen LogP contribution is 1.91. The largest absolute Gasteiger partial charge is 0.347 e. The summed E-state index contributed by atoms with van der Waals surface area (Å²) in [5.74, 6) is 0. The third kappa shape index (κ3) is 4.74. The van der Waals surface area contributed by atoms with Crippen LogP contribution in [-0.2, 0) is 6.54 Å². The van der Waals surface area contributed by atoms with Crippen molar-refractivity contribution in [3.63, 3.8) is 0 Å². The predicted octanol–water partition coefficient (Wildman–Crippen LogP) is 1.02. The molecule has 1 rings (SSSR count). The van der Waals surface area contributed by atoms with E-state index in [0.29, 0.717) is 0 Å². The van der Waals surface area contributed by atoms with Crippen molar-refractivity contribution in [1.29, 1.82) is 0 Å². The lowest BCUT2D eigenvalue weighted by Gasteiger charge is -2.04. The van der Waals surface area contributed by atoms with Gasteiger partial charge in [-0.1, -0.05) is 6.92 Å². The van der Waals surface area contributed by atoms with Gasteiger partial charge in [-0.2, -0.15) is 0 Å². The molecule has 0 aliphatic carbocycles. The Labute approximate surface area is 90.3 Å². The second kappa shape index (κ2) is 7.17. The molecule has 0 aromatic carbocycles. The number of rotatable bonds is 7. The summed E-state index contributed by atoms with van der Waals surface area (Å²) in [6, 6.07) is 1.79. The third-order valence-corrected chi connectivity index (χ3v) is 2.21. The molecule has 4 nitrogen and oxygen atoms in total. The average Bonchev–Trinajstić information content (AvgIpc) is 2.25. The van der Waals surface area contributed by atoms with E-state index in [-0.39, 0.29) is 5.69 Å². The maximum absolute atomic E-state index is 11.2. The van der Waals surface area contributed by atoms with Crippen LogP contribution in [0.1, 0.15) is 26.2 Å². The van der Waals surface area contributed by atoms with E-state index in [1.165, 1.54) is 12.6 Å². The van der Waals surface area contributed by atoms with Crippen LogP contribution in [0.2, 0.25) is 0 Å². The van der Waals surface area contributed by atoms with Crippen molar-refractivity contribution in [2.75, 3.05) is 13.1 Å². The summed E-state index contributed by atoms with van der Waals surface area (Å²) in [6.07, 6.45) is 6.60. The van der Waals surface area contributed by atoms with Crippen molar-refractivity contribution in [1.82, 2.24) is 14.9 Å². The van der Waals surface area contributed by atoms with Gasteiger partial charge < -0.3 is 5.32 Å². The molecule has 0 atom stereocenters. The van der Waals surface area contributed by atoms with Crippen molar-refractivity contribution < 1.29 is 0 Å². The molecule has 0 bridgehead atoms. The number of aryl methyl sites for hydroxylation is 1. The number of hydrogen-bond acceptors (Lipinski definition) is 3. The number of hydrogen-bond donors (Lipinski definition) is 1. The molecular formula is C11H19N3O. The topological polar surface area (TPSA) is 46.9 Å². The Bertz CT molecular complexity index is 322. The predicted molar refractivity (Wildman–Crippen MR) is 60.9 cm³/mol. The Morgan fingerprint density at radius 1 is 1.40 bits per heavy atom. The van der Waals surface area contributed by atoms with Crippen LogP contribution in [-0.4, -0.2) is 22.6 Å². The average molecular weight is 209 g/mol. The van der Waals surface area contributed by atoms with Crippen LogP contribution in [0.15, 0.2) is 23.3 Å². The van der Waals surface area contributed by atoms with Crippen LogP contribution in [0.25, 0.3) is 0 Å². The van der Waals surface area contributed by atoms with E-state index in [0.717, 1.165) is 32.5 Å². The lowest BCUT2D eigenvalue weighted by atomic mass is 10.3. The van der Waals surface area contributed by atoms with E-state index >= 15 is 0 Å². The molecule has 0 amide bonds. The highest BCUT2D eigenvalue weighted by molar-refractivity contribution is 4.80. The van der Waals surface area contributed by atoms with Gasteiger partial charge in [0.1, 0.15) is 0 Å². The molecule has 0 unspecified atom stereocenters. The van der Waals surface area contributed by atoms with Crippen LogP contribution in [0.5, 0.6) is 0 Å². The fourth-order valence-electron chi connectivity index (χ4n) is 1.39. The minimum Gasteiger partial charge on any atom is -0.317 e. The van der Waals surface area contributed by atoms with E-state index in [1.54, 1.807) is 16.8 Å². The fraction of sp³-hybridized carbons (Fsp3) is 0.636. The second-order valence-corrected chi connectivity index (χ2v) is 3.55. The Morgan fingerprint density at radius 2 is 2.27 bits per heavy atom. The molecule has 0 spiro atoms. The van der Waals surface area contributed by atoms with Crippen LogP contribution >= 0.6 is 0 Å². The van der Waals surface area contributed by atoms with Gasteiger partial charge in [0.2, 0.25) is 0 Å². The molecular weight excluding hydrogens is 190 g/mol. The van der Waals surface area contributed by atoms with E-state index in [4.69, 9.17) is 0 Å². The van der Waals surface area contributed by atoms with Gasteiger partial charge in [0, 0.05) is 18.9 Å². The van der Waals surface area contributed by atoms with Gasteiger partial charge in [-0.15, -0.1) is 0 Å². The van der Waals surface area contributed by atoms with Gasteiger partial charge in [-0.25, -0.2) is 9.78 Å². The summed E-state index contributed by atoms with van der Waals surface area (Å²) in [5.41, 5.74) is -0.154. The Kier molecular flexibility index (Phi) is 5.70. The number of nitrogens with zero attached hydrogens (tertiary/aromatic N) is 2. The SMILES string of the molecule is CCCNCCCCn1cccnc1=O. The summed E-state index contributed by atoms with van der Waals surface area (Å²) >= 11 is 0. The first-order chi connectivity index (χ1) is 7.34. The fourth-order valence-corrected chi connectivity index (χ4v) is 1.39. The molecule has 1 N–H and O–H groups in total. The monoisotopic (exact) mass is 209 g/mol. The molecule has 0 saturated carbocycles. The van der Waals surface area contributed by atoms with Crippen molar-refractivity contribution in [2.24, 2.45) is 0 Å². The highest BCUT2D eigenvalue weighted by Gasteiger charge is 1.94. The maximum atomic E-state index is 11.2. The molecule has 0 radical (unpaired) electrons. The first-order valence-electron chi connectivity index (χ1n) is 5.56. The van der Waals surface area contributed by atoms with Gasteiger partial charge >= 0.3 is 5.69 Å². The first-order valence-corrected chi connectivity index (χ1v) is 5.56. The normalized spacial score (nSPS) is 10.5. The van der Waals surface area contributed by atoms with Crippen LogP contribution in [0.4, 0.5) is 0 Å². The summed E-state index contributed by atoms with van der Waals surface area (Å²) < 4.78 is 1.65. The minimum absolute atomic E-state index is 0.154. The van der Waals surface area contributed by atoms with E-state index in [1.807, 2.05) is 0 Å². The summed E-state index contributed by atoms with van der Waals surface area (Å²) in [5, 5.41) is 3.33. The van der Waals surface area contributed by atoms with Crippen LogP contribution in [0, 0.1) is 0 Å². The van der Waals surface area contributed by atoms with E-state index in [2.05, 4.69) is 17.2 Å². The zero-order valence-electron chi connectivity index (χ0n) is 9.28. The molecule has 15 heavy (non-hydrogen) atoms. The molecule has 1 aromatic heterocycles. The summed E-state index contributed by atoms with van der Waals surface area (Å²) in [4.78, 5) is 14.9. The number of aromatic nitrogens is 2. The van der Waals surface area contributed by atoms with Crippen molar-refractivity contribution >= 4 is 0 Å². The Hall–Kier alpha value is -1.16. The Balaban J connectivity index is 2.15. The molecule has 1 aromatic rings. The van der Waals surface area contributed by atoms with Gasteiger partial charge in [0.25, 0.3) is 0 Å². The first kappa shape index (κ1) is 11.9. The third-order valence-electron chi connectivity index (χ3n) is 2.21. The van der Waals surface area contributed by atoms with E-state index < -0.39 is 0 Å². The standard InChI is InChI=1S/C11H19N3O/c1-2-6-12-7-3-4-9-14-10-5-8-13-11(14)15/h5,8,10,12H,2-4,6-7,9H2,1H3. The van der Waals surface area contributed by atoms with Gasteiger partial charge in [-0.3, -0.25) is 4.57 Å². The van der Waals surface area contributed by atoms with Gasteiger partial charge in [-0.05, 0) is 38.4 Å². The van der Waals surface area contributed by atoms with Gasteiger partial charge in [0.15, 0.2) is 0 Å². The van der Waals surface area contributed by atoms with Crippen LogP contribution < -0.4 is 11.0 Å². The van der Waals surface area contributed by atoms with Crippen molar-refractivity contribution in [3.8, 4) is 0 Å². The highest BCUT2D eigenvalue weighted by atomic mass is 16.1. The minimum atomic E-state index is -0.154. The smallest absolute Gasteiger partial charge is 0.317 e. The summed E-state index contributed by atoms with van der Waals surface area (Å²) in [7, 11) is 0. The molecule has 0 saturated heterocycles. The zero-order chi connectivity index (χ0) is 10.9. The number of nitrogens with one attached hydrogen (secondary N) is 1. The van der Waals surface area contributed by atoms with Crippen molar-refractivity contribution in [2.45, 2.75) is 32.7 Å². The maximum Gasteiger partial charge on any atom is 0.347 e. The molecule has 4 heteroatoms. The van der Waals surface area contributed by atoms with Crippen LogP contribution in [0.3, 0.4) is 0 Å². The number of unbranched alkanes of at least 4 members (excludes halogenated alkanes) is 1. The molecule has 0 aliphatic rings. The van der Waals surface area contributed by atoms with E-state index in [9.17, 15) is 4.79 Å². The van der Waals surface area contributed by atoms with Gasteiger partial charge in [0.05, 0.1) is 0 Å². The lowest BCUT2D eigenvalue weighted by Crippen LogP contribution is -2.22. The molecule has 0 fully saturated rings. The van der Waals surface area contributed by atoms with Crippen molar-refractivity contribution in [3.05, 3.63) is 28.9 Å².